The molecule has 1 aromatic carbocycles. The summed E-state index contributed by atoms with van der Waals surface area (Å²) in [5.41, 5.74) is 2.11. The van der Waals surface area contributed by atoms with Gasteiger partial charge in [-0.15, -0.1) is 0 Å². The molecule has 0 spiro atoms. The molecule has 0 fully saturated rings. The lowest BCUT2D eigenvalue weighted by Crippen LogP contribution is -2.15. The molecule has 2 aromatic rings. The second kappa shape index (κ2) is 6.60. The van der Waals surface area contributed by atoms with E-state index in [1.165, 1.54) is 0 Å². The summed E-state index contributed by atoms with van der Waals surface area (Å²) in [5.74, 6) is 5.64. The molecular weight excluding hydrogens is 252 g/mol. The van der Waals surface area contributed by atoms with Crippen LogP contribution in [0.15, 0.2) is 42.6 Å². The number of aryl methyl sites for hydroxylation is 1. The molecule has 0 atom stereocenters. The topological polar surface area (TPSA) is 54.3 Å². The molecule has 0 bridgehead atoms. The quantitative estimate of drug-likeness (QED) is 0.837. The SMILES string of the molecule is Cn1cccc1C(=O)Nc1cccc(C#CCCO)c1. The van der Waals surface area contributed by atoms with Crippen molar-refractivity contribution in [3.05, 3.63) is 53.9 Å². The van der Waals surface area contributed by atoms with E-state index in [-0.39, 0.29) is 12.5 Å². The Labute approximate surface area is 118 Å². The predicted molar refractivity (Wildman–Crippen MR) is 78.4 cm³/mol. The van der Waals surface area contributed by atoms with Gasteiger partial charge in [-0.05, 0) is 30.3 Å². The first-order valence-corrected chi connectivity index (χ1v) is 6.33. The van der Waals surface area contributed by atoms with Crippen LogP contribution in [0.25, 0.3) is 0 Å². The zero-order valence-corrected chi connectivity index (χ0v) is 11.3. The maximum absolute atomic E-state index is 12.1. The Balaban J connectivity index is 2.11. The third kappa shape index (κ3) is 3.50. The molecular formula is C16H16N2O2. The highest BCUT2D eigenvalue weighted by Gasteiger charge is 2.08. The zero-order valence-electron chi connectivity index (χ0n) is 11.3. The van der Waals surface area contributed by atoms with Crippen molar-refractivity contribution in [1.29, 1.82) is 0 Å². The number of nitrogens with one attached hydrogen (secondary N) is 1. The average molecular weight is 268 g/mol. The van der Waals surface area contributed by atoms with Gasteiger partial charge in [-0.3, -0.25) is 4.79 Å². The minimum atomic E-state index is -0.155. The maximum Gasteiger partial charge on any atom is 0.272 e. The summed E-state index contributed by atoms with van der Waals surface area (Å²) in [6.45, 7) is 0.0525. The van der Waals surface area contributed by atoms with Crippen LogP contribution in [0.2, 0.25) is 0 Å². The number of nitrogens with zero attached hydrogens (tertiary/aromatic N) is 1. The highest BCUT2D eigenvalue weighted by molar-refractivity contribution is 6.03. The molecule has 0 aliphatic heterocycles. The molecule has 1 aromatic heterocycles. The fourth-order valence-electron chi connectivity index (χ4n) is 1.79. The molecule has 2 rings (SSSR count). The number of anilines is 1. The van der Waals surface area contributed by atoms with E-state index in [1.54, 1.807) is 10.6 Å². The Morgan fingerprint density at radius 1 is 1.35 bits per heavy atom. The van der Waals surface area contributed by atoms with E-state index >= 15 is 0 Å². The average Bonchev–Trinajstić information content (AvgIpc) is 2.86. The Hall–Kier alpha value is -2.51. The third-order valence-corrected chi connectivity index (χ3v) is 2.77. The summed E-state index contributed by atoms with van der Waals surface area (Å²) in [5, 5.41) is 11.5. The van der Waals surface area contributed by atoms with Gasteiger partial charge in [-0.1, -0.05) is 17.9 Å². The summed E-state index contributed by atoms with van der Waals surface area (Å²) < 4.78 is 1.76. The van der Waals surface area contributed by atoms with Gasteiger partial charge in [0.1, 0.15) is 5.69 Å². The number of benzene rings is 1. The van der Waals surface area contributed by atoms with Crippen LogP contribution < -0.4 is 5.32 Å². The van der Waals surface area contributed by atoms with Crippen molar-refractivity contribution in [3.8, 4) is 11.8 Å². The number of aromatic nitrogens is 1. The highest BCUT2D eigenvalue weighted by atomic mass is 16.2. The van der Waals surface area contributed by atoms with Crippen LogP contribution in [0.1, 0.15) is 22.5 Å². The Morgan fingerprint density at radius 2 is 2.20 bits per heavy atom. The first kappa shape index (κ1) is 13.9. The molecule has 2 N–H and O–H groups in total. The van der Waals surface area contributed by atoms with Gasteiger partial charge in [0.05, 0.1) is 6.61 Å². The van der Waals surface area contributed by atoms with Crippen LogP contribution in [0.5, 0.6) is 0 Å². The van der Waals surface area contributed by atoms with Crippen LogP contribution in [0.4, 0.5) is 5.69 Å². The monoisotopic (exact) mass is 268 g/mol. The first-order chi connectivity index (χ1) is 9.70. The van der Waals surface area contributed by atoms with Crippen molar-refractivity contribution in [1.82, 2.24) is 4.57 Å². The molecule has 20 heavy (non-hydrogen) atoms. The highest BCUT2D eigenvalue weighted by Crippen LogP contribution is 2.12. The minimum absolute atomic E-state index is 0.0525. The molecule has 0 radical (unpaired) electrons. The molecule has 102 valence electrons. The molecule has 0 saturated carbocycles. The van der Waals surface area contributed by atoms with Crippen molar-refractivity contribution in [2.24, 2.45) is 7.05 Å². The van der Waals surface area contributed by atoms with Crippen LogP contribution >= 0.6 is 0 Å². The molecule has 0 aliphatic rings. The number of aliphatic hydroxyl groups excluding tert-OH is 1. The van der Waals surface area contributed by atoms with E-state index in [0.717, 1.165) is 5.56 Å². The largest absolute Gasteiger partial charge is 0.395 e. The number of rotatable bonds is 3. The molecule has 4 heteroatoms. The van der Waals surface area contributed by atoms with Gasteiger partial charge in [0.15, 0.2) is 0 Å². The lowest BCUT2D eigenvalue weighted by molar-refractivity contribution is 0.101. The van der Waals surface area contributed by atoms with E-state index in [2.05, 4.69) is 17.2 Å². The molecule has 0 saturated heterocycles. The number of hydrogen-bond donors (Lipinski definition) is 2. The van der Waals surface area contributed by atoms with Crippen molar-refractivity contribution >= 4 is 11.6 Å². The zero-order chi connectivity index (χ0) is 14.4. The van der Waals surface area contributed by atoms with Gasteiger partial charge in [-0.2, -0.15) is 0 Å². The molecule has 4 nitrogen and oxygen atoms in total. The van der Waals surface area contributed by atoms with Crippen molar-refractivity contribution in [2.45, 2.75) is 6.42 Å². The molecule has 0 aliphatic carbocycles. The van der Waals surface area contributed by atoms with Gasteiger partial charge in [0.25, 0.3) is 5.91 Å². The van der Waals surface area contributed by atoms with Gasteiger partial charge in [0, 0.05) is 30.9 Å². The van der Waals surface area contributed by atoms with Crippen molar-refractivity contribution < 1.29 is 9.90 Å². The van der Waals surface area contributed by atoms with Gasteiger partial charge in [-0.25, -0.2) is 0 Å². The predicted octanol–water partition coefficient (Wildman–Crippen LogP) is 2.01. The van der Waals surface area contributed by atoms with Crippen LogP contribution in [-0.2, 0) is 7.05 Å². The summed E-state index contributed by atoms with van der Waals surface area (Å²) in [6.07, 6.45) is 2.27. The standard InChI is InChI=1S/C16H16N2O2/c1-18-10-5-9-15(18)16(20)17-14-8-4-7-13(12-14)6-2-3-11-19/h4-5,7-10,12,19H,3,11H2,1H3,(H,17,20). The fraction of sp³-hybridized carbons (Fsp3) is 0.188. The van der Waals surface area contributed by atoms with Gasteiger partial charge >= 0.3 is 0 Å². The van der Waals surface area contributed by atoms with E-state index in [4.69, 9.17) is 5.11 Å². The molecule has 1 heterocycles. The van der Waals surface area contributed by atoms with E-state index in [0.29, 0.717) is 17.8 Å². The van der Waals surface area contributed by atoms with Crippen molar-refractivity contribution in [2.75, 3.05) is 11.9 Å². The van der Waals surface area contributed by atoms with E-state index < -0.39 is 0 Å². The van der Waals surface area contributed by atoms with Crippen LogP contribution in [0.3, 0.4) is 0 Å². The summed E-state index contributed by atoms with van der Waals surface area (Å²) in [4.78, 5) is 12.1. The van der Waals surface area contributed by atoms with Crippen LogP contribution in [-0.4, -0.2) is 22.2 Å². The number of carbonyl (C=O) groups is 1. The number of carbonyl (C=O) groups excluding carboxylic acids is 1. The maximum atomic E-state index is 12.1. The van der Waals surface area contributed by atoms with Gasteiger partial charge in [0.2, 0.25) is 0 Å². The summed E-state index contributed by atoms with van der Waals surface area (Å²) in [7, 11) is 1.83. The smallest absolute Gasteiger partial charge is 0.272 e. The second-order valence-corrected chi connectivity index (χ2v) is 4.31. The molecule has 1 amide bonds. The Morgan fingerprint density at radius 3 is 2.90 bits per heavy atom. The first-order valence-electron chi connectivity index (χ1n) is 6.33. The van der Waals surface area contributed by atoms with E-state index in [1.807, 2.05) is 43.6 Å². The summed E-state index contributed by atoms with van der Waals surface area (Å²) in [6, 6.07) is 10.9. The lowest BCUT2D eigenvalue weighted by atomic mass is 10.2. The number of amides is 1. The minimum Gasteiger partial charge on any atom is -0.395 e. The Bertz CT molecular complexity index is 662. The lowest BCUT2D eigenvalue weighted by Gasteiger charge is -2.06. The number of aliphatic hydroxyl groups is 1. The van der Waals surface area contributed by atoms with Crippen LogP contribution in [0, 0.1) is 11.8 Å². The third-order valence-electron chi connectivity index (χ3n) is 2.77. The van der Waals surface area contributed by atoms with Gasteiger partial charge < -0.3 is 15.0 Å². The molecule has 0 unspecified atom stereocenters. The van der Waals surface area contributed by atoms with E-state index in [9.17, 15) is 4.79 Å². The van der Waals surface area contributed by atoms with Crippen molar-refractivity contribution in [3.63, 3.8) is 0 Å². The second-order valence-electron chi connectivity index (χ2n) is 4.31. The summed E-state index contributed by atoms with van der Waals surface area (Å²) >= 11 is 0. The Kier molecular flexibility index (Phi) is 4.59. The fourth-order valence-corrected chi connectivity index (χ4v) is 1.79. The normalized spacial score (nSPS) is 9.70. The number of hydrogen-bond acceptors (Lipinski definition) is 2.